The van der Waals surface area contributed by atoms with E-state index < -0.39 is 0 Å². The number of nitriles is 1. The third-order valence-electron chi connectivity index (χ3n) is 2.44. The molecule has 19 heavy (non-hydrogen) atoms. The van der Waals surface area contributed by atoms with Gasteiger partial charge in [0.2, 0.25) is 0 Å². The van der Waals surface area contributed by atoms with Crippen molar-refractivity contribution in [2.24, 2.45) is 0 Å². The molecule has 0 heterocycles. The van der Waals surface area contributed by atoms with Gasteiger partial charge in [-0.3, -0.25) is 0 Å². The quantitative estimate of drug-likeness (QED) is 0.781. The predicted molar refractivity (Wildman–Crippen MR) is 73.6 cm³/mol. The Morgan fingerprint density at radius 1 is 0.895 bits per heavy atom. The van der Waals surface area contributed by atoms with Crippen molar-refractivity contribution >= 4 is 11.6 Å². The number of nitrogens with zero attached hydrogens (tertiary/aromatic N) is 1. The number of benzene rings is 2. The van der Waals surface area contributed by atoms with E-state index in [0.29, 0.717) is 35.3 Å². The topological polar surface area (TPSA) is 42.2 Å². The second-order valence-electron chi connectivity index (χ2n) is 3.74. The number of rotatable bonds is 5. The van der Waals surface area contributed by atoms with Crippen LogP contribution in [0.5, 0.6) is 11.5 Å². The molecule has 0 aliphatic heterocycles. The van der Waals surface area contributed by atoms with Crippen LogP contribution in [0.1, 0.15) is 5.56 Å². The second kappa shape index (κ2) is 6.67. The van der Waals surface area contributed by atoms with Crippen molar-refractivity contribution in [2.75, 3.05) is 13.2 Å². The molecule has 0 aromatic heterocycles. The number of halogens is 1. The number of hydrogen-bond donors (Lipinski definition) is 0. The average molecular weight is 274 g/mol. The van der Waals surface area contributed by atoms with Gasteiger partial charge in [0, 0.05) is 0 Å². The average Bonchev–Trinajstić information content (AvgIpc) is 2.45. The zero-order chi connectivity index (χ0) is 13.5. The molecule has 3 nitrogen and oxygen atoms in total. The molecule has 0 aliphatic carbocycles. The van der Waals surface area contributed by atoms with Gasteiger partial charge in [-0.1, -0.05) is 35.9 Å². The van der Waals surface area contributed by atoms with E-state index in [1.165, 1.54) is 0 Å². The Bertz CT molecular complexity index is 593. The molecule has 2 rings (SSSR count). The Balaban J connectivity index is 1.85. The third kappa shape index (κ3) is 3.64. The Labute approximate surface area is 117 Å². The first-order valence-corrected chi connectivity index (χ1v) is 6.18. The molecule has 0 unspecified atom stereocenters. The Kier molecular flexibility index (Phi) is 4.66. The minimum atomic E-state index is 0.351. The molecule has 96 valence electrons. The number of para-hydroxylation sites is 2. The maximum Gasteiger partial charge on any atom is 0.138 e. The van der Waals surface area contributed by atoms with Crippen LogP contribution in [-0.4, -0.2) is 13.2 Å². The first-order valence-electron chi connectivity index (χ1n) is 5.80. The summed E-state index contributed by atoms with van der Waals surface area (Å²) < 4.78 is 11.0. The summed E-state index contributed by atoms with van der Waals surface area (Å²) in [5.41, 5.74) is 0.514. The van der Waals surface area contributed by atoms with Crippen LogP contribution in [0.15, 0.2) is 48.5 Å². The first kappa shape index (κ1) is 13.3. The van der Waals surface area contributed by atoms with Gasteiger partial charge in [0.25, 0.3) is 0 Å². The summed E-state index contributed by atoms with van der Waals surface area (Å²) in [5, 5.41) is 9.48. The maximum atomic E-state index is 8.91. The van der Waals surface area contributed by atoms with E-state index >= 15 is 0 Å². The third-order valence-corrected chi connectivity index (χ3v) is 2.75. The van der Waals surface area contributed by atoms with Gasteiger partial charge in [0.15, 0.2) is 0 Å². The van der Waals surface area contributed by atoms with E-state index in [9.17, 15) is 0 Å². The van der Waals surface area contributed by atoms with E-state index in [2.05, 4.69) is 6.07 Å². The van der Waals surface area contributed by atoms with Gasteiger partial charge in [-0.05, 0) is 24.3 Å². The Hall–Kier alpha value is -2.18. The van der Waals surface area contributed by atoms with Crippen LogP contribution in [0.25, 0.3) is 0 Å². The molecule has 2 aromatic carbocycles. The first-order chi connectivity index (χ1) is 9.31. The lowest BCUT2D eigenvalue weighted by Crippen LogP contribution is -2.09. The molecule has 2 aromatic rings. The highest BCUT2D eigenvalue weighted by atomic mass is 35.5. The van der Waals surface area contributed by atoms with E-state index in [1.807, 2.05) is 18.2 Å². The number of ether oxygens (including phenoxy) is 2. The summed E-state index contributed by atoms with van der Waals surface area (Å²) >= 11 is 5.96. The molecule has 0 saturated carbocycles. The van der Waals surface area contributed by atoms with Gasteiger partial charge < -0.3 is 9.47 Å². The summed E-state index contributed by atoms with van der Waals surface area (Å²) in [6, 6.07) is 16.4. The van der Waals surface area contributed by atoms with Crippen molar-refractivity contribution in [3.63, 3.8) is 0 Å². The normalized spacial score (nSPS) is 9.68. The zero-order valence-corrected chi connectivity index (χ0v) is 10.9. The van der Waals surface area contributed by atoms with Crippen LogP contribution < -0.4 is 9.47 Å². The highest BCUT2D eigenvalue weighted by molar-refractivity contribution is 6.32. The van der Waals surface area contributed by atoms with Crippen molar-refractivity contribution in [2.45, 2.75) is 0 Å². The molecular formula is C15H12ClNO2. The van der Waals surface area contributed by atoms with Gasteiger partial charge in [-0.25, -0.2) is 0 Å². The van der Waals surface area contributed by atoms with Crippen molar-refractivity contribution < 1.29 is 9.47 Å². The lowest BCUT2D eigenvalue weighted by atomic mass is 10.2. The van der Waals surface area contributed by atoms with Crippen molar-refractivity contribution in [1.29, 1.82) is 5.26 Å². The summed E-state index contributed by atoms with van der Waals surface area (Å²) in [6.45, 7) is 0.716. The van der Waals surface area contributed by atoms with Gasteiger partial charge in [0.05, 0.1) is 10.6 Å². The standard InChI is InChI=1S/C15H12ClNO2/c16-13-6-2-4-8-15(13)19-10-9-18-14-7-3-1-5-12(14)11-17/h1-8H,9-10H2. The lowest BCUT2D eigenvalue weighted by molar-refractivity contribution is 0.217. The van der Waals surface area contributed by atoms with Crippen LogP contribution in [0.2, 0.25) is 5.02 Å². The molecule has 0 saturated heterocycles. The summed E-state index contributed by atoms with van der Waals surface area (Å²) in [5.74, 6) is 1.19. The fourth-order valence-corrected chi connectivity index (χ4v) is 1.74. The van der Waals surface area contributed by atoms with E-state index in [-0.39, 0.29) is 0 Å². The predicted octanol–water partition coefficient (Wildman–Crippen LogP) is 3.67. The van der Waals surface area contributed by atoms with Crippen LogP contribution in [0.4, 0.5) is 0 Å². The van der Waals surface area contributed by atoms with Gasteiger partial charge in [-0.15, -0.1) is 0 Å². The molecule has 0 fully saturated rings. The number of hydrogen-bond acceptors (Lipinski definition) is 3. The van der Waals surface area contributed by atoms with Crippen molar-refractivity contribution in [3.8, 4) is 17.6 Å². The van der Waals surface area contributed by atoms with Gasteiger partial charge in [-0.2, -0.15) is 5.26 Å². The summed E-state index contributed by atoms with van der Waals surface area (Å²) in [4.78, 5) is 0. The molecule has 0 amide bonds. The van der Waals surface area contributed by atoms with Crippen LogP contribution in [-0.2, 0) is 0 Å². The zero-order valence-electron chi connectivity index (χ0n) is 10.2. The highest BCUT2D eigenvalue weighted by Gasteiger charge is 2.02. The van der Waals surface area contributed by atoms with Crippen LogP contribution in [0, 0.1) is 11.3 Å². The maximum absolute atomic E-state index is 8.91. The minimum absolute atomic E-state index is 0.351. The van der Waals surface area contributed by atoms with E-state index in [4.69, 9.17) is 26.3 Å². The van der Waals surface area contributed by atoms with Crippen LogP contribution >= 0.6 is 11.6 Å². The fourth-order valence-electron chi connectivity index (χ4n) is 1.55. The lowest BCUT2D eigenvalue weighted by Gasteiger charge is -2.10. The van der Waals surface area contributed by atoms with Crippen LogP contribution in [0.3, 0.4) is 0 Å². The molecule has 0 bridgehead atoms. The second-order valence-corrected chi connectivity index (χ2v) is 4.14. The smallest absolute Gasteiger partial charge is 0.138 e. The molecule has 4 heteroatoms. The fraction of sp³-hybridized carbons (Fsp3) is 0.133. The molecule has 0 atom stereocenters. The summed E-state index contributed by atoms with van der Waals surface area (Å²) in [7, 11) is 0. The Morgan fingerprint density at radius 3 is 2.16 bits per heavy atom. The van der Waals surface area contributed by atoms with Gasteiger partial charge in [0.1, 0.15) is 30.8 Å². The molecule has 0 spiro atoms. The molecule has 0 N–H and O–H groups in total. The van der Waals surface area contributed by atoms with Crippen molar-refractivity contribution in [3.05, 3.63) is 59.1 Å². The minimum Gasteiger partial charge on any atom is -0.489 e. The van der Waals surface area contributed by atoms with Crippen molar-refractivity contribution in [1.82, 2.24) is 0 Å². The van der Waals surface area contributed by atoms with E-state index in [1.54, 1.807) is 30.3 Å². The molecule has 0 radical (unpaired) electrons. The summed E-state index contributed by atoms with van der Waals surface area (Å²) in [6.07, 6.45) is 0. The monoisotopic (exact) mass is 273 g/mol. The molecular weight excluding hydrogens is 262 g/mol. The van der Waals surface area contributed by atoms with E-state index in [0.717, 1.165) is 0 Å². The van der Waals surface area contributed by atoms with Gasteiger partial charge >= 0.3 is 0 Å². The Morgan fingerprint density at radius 2 is 1.47 bits per heavy atom. The largest absolute Gasteiger partial charge is 0.489 e. The molecule has 0 aliphatic rings. The SMILES string of the molecule is N#Cc1ccccc1OCCOc1ccccc1Cl. The highest BCUT2D eigenvalue weighted by Crippen LogP contribution is 2.23.